The molecule has 4 rings (SSSR count). The monoisotopic (exact) mass is 378 g/mol. The fraction of sp³-hybridized carbons (Fsp3) is 0.391. The van der Waals surface area contributed by atoms with Gasteiger partial charge >= 0.3 is 0 Å². The molecule has 2 aromatic rings. The summed E-state index contributed by atoms with van der Waals surface area (Å²) in [5.74, 6) is 0.717. The van der Waals surface area contributed by atoms with Gasteiger partial charge < -0.3 is 15.0 Å². The highest BCUT2D eigenvalue weighted by atomic mass is 16.5. The van der Waals surface area contributed by atoms with Gasteiger partial charge in [0.1, 0.15) is 5.75 Å². The quantitative estimate of drug-likeness (QED) is 0.889. The first-order valence-electron chi connectivity index (χ1n) is 10.00. The number of nitrogens with one attached hydrogen (secondary N) is 1. The molecule has 5 nitrogen and oxygen atoms in total. The van der Waals surface area contributed by atoms with Crippen LogP contribution >= 0.6 is 0 Å². The largest absolute Gasteiger partial charge is 0.493 e. The zero-order valence-electron chi connectivity index (χ0n) is 16.2. The van der Waals surface area contributed by atoms with E-state index in [0.29, 0.717) is 25.3 Å². The maximum absolute atomic E-state index is 12.9. The zero-order valence-corrected chi connectivity index (χ0v) is 16.2. The number of likely N-dealkylation sites (tertiary alicyclic amines) is 1. The molecule has 5 heteroatoms. The molecule has 0 aliphatic carbocycles. The van der Waals surface area contributed by atoms with Gasteiger partial charge in [0.05, 0.1) is 18.6 Å². The summed E-state index contributed by atoms with van der Waals surface area (Å²) in [4.78, 5) is 27.6. The van der Waals surface area contributed by atoms with Gasteiger partial charge in [0.25, 0.3) is 5.91 Å². The Bertz CT molecular complexity index is 862. The fourth-order valence-electron chi connectivity index (χ4n) is 4.04. The molecule has 2 atom stereocenters. The number of hydrogen-bond donors (Lipinski definition) is 1. The van der Waals surface area contributed by atoms with Gasteiger partial charge in [-0.3, -0.25) is 9.59 Å². The van der Waals surface area contributed by atoms with Gasteiger partial charge in [-0.05, 0) is 38.0 Å². The van der Waals surface area contributed by atoms with Crippen LogP contribution in [0.3, 0.4) is 0 Å². The van der Waals surface area contributed by atoms with Crippen LogP contribution in [-0.2, 0) is 4.79 Å². The molecule has 28 heavy (non-hydrogen) atoms. The van der Waals surface area contributed by atoms with E-state index in [0.717, 1.165) is 36.1 Å². The second-order valence-corrected chi connectivity index (χ2v) is 7.69. The van der Waals surface area contributed by atoms with Crippen molar-refractivity contribution in [1.29, 1.82) is 0 Å². The highest BCUT2D eigenvalue weighted by Crippen LogP contribution is 2.32. The highest BCUT2D eigenvalue weighted by Gasteiger charge is 2.31. The van der Waals surface area contributed by atoms with E-state index < -0.39 is 0 Å². The van der Waals surface area contributed by atoms with Crippen molar-refractivity contribution in [3.63, 3.8) is 0 Å². The molecule has 0 radical (unpaired) electrons. The van der Waals surface area contributed by atoms with Gasteiger partial charge in [-0.25, -0.2) is 0 Å². The molecule has 0 aromatic heterocycles. The first-order valence-corrected chi connectivity index (χ1v) is 10.00. The van der Waals surface area contributed by atoms with E-state index in [1.54, 1.807) is 0 Å². The molecule has 1 fully saturated rings. The molecule has 2 heterocycles. The van der Waals surface area contributed by atoms with E-state index in [4.69, 9.17) is 4.74 Å². The topological polar surface area (TPSA) is 58.6 Å². The van der Waals surface area contributed by atoms with Crippen LogP contribution in [0.5, 0.6) is 5.75 Å². The summed E-state index contributed by atoms with van der Waals surface area (Å²) in [6, 6.07) is 15.5. The summed E-state index contributed by atoms with van der Waals surface area (Å²) in [6.45, 7) is 3.79. The van der Waals surface area contributed by atoms with Gasteiger partial charge in [-0.1, -0.05) is 35.9 Å². The fourth-order valence-corrected chi connectivity index (χ4v) is 4.04. The van der Waals surface area contributed by atoms with Crippen LogP contribution in [0.4, 0.5) is 0 Å². The molecule has 146 valence electrons. The third-order valence-corrected chi connectivity index (χ3v) is 5.65. The van der Waals surface area contributed by atoms with Crippen LogP contribution < -0.4 is 10.1 Å². The van der Waals surface area contributed by atoms with Gasteiger partial charge in [-0.15, -0.1) is 0 Å². The van der Waals surface area contributed by atoms with Crippen molar-refractivity contribution in [3.8, 4) is 5.75 Å². The van der Waals surface area contributed by atoms with Crippen molar-refractivity contribution in [2.75, 3.05) is 19.7 Å². The molecule has 2 aromatic carbocycles. The molecular formula is C23H26N2O3. The molecule has 0 saturated carbocycles. The third kappa shape index (κ3) is 3.88. The first kappa shape index (κ1) is 18.5. The SMILES string of the molecule is Cc1ccc(C(=O)N2CCCC(C(=O)NC3CCOc4ccccc43)C2)cc1. The maximum atomic E-state index is 12.9. The molecule has 1 saturated heterocycles. The Morgan fingerprint density at radius 3 is 2.68 bits per heavy atom. The second-order valence-electron chi connectivity index (χ2n) is 7.69. The van der Waals surface area contributed by atoms with E-state index in [2.05, 4.69) is 5.32 Å². The minimum Gasteiger partial charge on any atom is -0.493 e. The first-order chi connectivity index (χ1) is 13.6. The van der Waals surface area contributed by atoms with Crippen LogP contribution in [0.15, 0.2) is 48.5 Å². The number of carbonyl (C=O) groups excluding carboxylic acids is 2. The Hall–Kier alpha value is -2.82. The van der Waals surface area contributed by atoms with Gasteiger partial charge in [0, 0.05) is 30.6 Å². The highest BCUT2D eigenvalue weighted by molar-refractivity contribution is 5.94. The molecular weight excluding hydrogens is 352 g/mol. The average molecular weight is 378 g/mol. The smallest absolute Gasteiger partial charge is 0.253 e. The lowest BCUT2D eigenvalue weighted by Gasteiger charge is -2.34. The van der Waals surface area contributed by atoms with Gasteiger partial charge in [-0.2, -0.15) is 0 Å². The predicted molar refractivity (Wildman–Crippen MR) is 107 cm³/mol. The Morgan fingerprint density at radius 1 is 1.07 bits per heavy atom. The molecule has 2 amide bonds. The number of hydrogen-bond acceptors (Lipinski definition) is 3. The number of fused-ring (bicyclic) bond motifs is 1. The lowest BCUT2D eigenvalue weighted by Crippen LogP contribution is -2.46. The number of carbonyl (C=O) groups is 2. The summed E-state index contributed by atoms with van der Waals surface area (Å²) in [7, 11) is 0. The Labute approximate surface area is 165 Å². The molecule has 0 bridgehead atoms. The summed E-state index contributed by atoms with van der Waals surface area (Å²) in [5, 5.41) is 3.19. The molecule has 2 unspecified atom stereocenters. The molecule has 2 aliphatic rings. The summed E-state index contributed by atoms with van der Waals surface area (Å²) >= 11 is 0. The number of piperidine rings is 1. The zero-order chi connectivity index (χ0) is 19.5. The van der Waals surface area contributed by atoms with Crippen molar-refractivity contribution in [2.24, 2.45) is 5.92 Å². The van der Waals surface area contributed by atoms with Gasteiger partial charge in [0.2, 0.25) is 5.91 Å². The summed E-state index contributed by atoms with van der Waals surface area (Å²) < 4.78 is 5.68. The second kappa shape index (κ2) is 8.05. The third-order valence-electron chi connectivity index (χ3n) is 5.65. The minimum absolute atomic E-state index is 0.00825. The van der Waals surface area contributed by atoms with Crippen LogP contribution in [0.2, 0.25) is 0 Å². The number of para-hydroxylation sites is 1. The van der Waals surface area contributed by atoms with Crippen LogP contribution in [0.1, 0.15) is 46.8 Å². The van der Waals surface area contributed by atoms with Crippen LogP contribution in [0, 0.1) is 12.8 Å². The standard InChI is InChI=1S/C23H26N2O3/c1-16-8-10-17(11-9-16)23(27)25-13-4-5-18(15-25)22(26)24-20-12-14-28-21-7-3-2-6-19(20)21/h2-3,6-11,18,20H,4-5,12-15H2,1H3,(H,24,26). The van der Waals surface area contributed by atoms with E-state index in [1.807, 2.05) is 60.4 Å². The van der Waals surface area contributed by atoms with Gasteiger partial charge in [0.15, 0.2) is 0 Å². The normalized spacial score (nSPS) is 21.4. The van der Waals surface area contributed by atoms with Crippen molar-refractivity contribution >= 4 is 11.8 Å². The van der Waals surface area contributed by atoms with E-state index in [9.17, 15) is 9.59 Å². The average Bonchev–Trinajstić information content (AvgIpc) is 2.74. The van der Waals surface area contributed by atoms with E-state index >= 15 is 0 Å². The number of rotatable bonds is 3. The predicted octanol–water partition coefficient (Wildman–Crippen LogP) is 3.49. The number of amides is 2. The lowest BCUT2D eigenvalue weighted by atomic mass is 9.94. The van der Waals surface area contributed by atoms with Crippen LogP contribution in [-0.4, -0.2) is 36.4 Å². The number of ether oxygens (including phenoxy) is 1. The lowest BCUT2D eigenvalue weighted by molar-refractivity contribution is -0.127. The Balaban J connectivity index is 1.41. The summed E-state index contributed by atoms with van der Waals surface area (Å²) in [6.07, 6.45) is 2.43. The maximum Gasteiger partial charge on any atom is 0.253 e. The minimum atomic E-state index is -0.168. The van der Waals surface area contributed by atoms with E-state index in [-0.39, 0.29) is 23.8 Å². The Morgan fingerprint density at radius 2 is 1.86 bits per heavy atom. The van der Waals surface area contributed by atoms with Crippen molar-refractivity contribution < 1.29 is 14.3 Å². The molecule has 2 aliphatic heterocycles. The molecule has 1 N–H and O–H groups in total. The van der Waals surface area contributed by atoms with Crippen molar-refractivity contribution in [1.82, 2.24) is 10.2 Å². The van der Waals surface area contributed by atoms with Crippen molar-refractivity contribution in [2.45, 2.75) is 32.2 Å². The molecule has 0 spiro atoms. The number of benzene rings is 2. The van der Waals surface area contributed by atoms with E-state index in [1.165, 1.54) is 0 Å². The number of nitrogens with zero attached hydrogens (tertiary/aromatic N) is 1. The Kier molecular flexibility index (Phi) is 5.33. The van der Waals surface area contributed by atoms with Crippen LogP contribution in [0.25, 0.3) is 0 Å². The van der Waals surface area contributed by atoms with Crippen molar-refractivity contribution in [3.05, 3.63) is 65.2 Å². The number of aryl methyl sites for hydroxylation is 1. The summed E-state index contributed by atoms with van der Waals surface area (Å²) in [5.41, 5.74) is 2.85.